The lowest BCUT2D eigenvalue weighted by Gasteiger charge is -2.21. The van der Waals surface area contributed by atoms with E-state index in [4.69, 9.17) is 0 Å². The molecule has 5 nitrogen and oxygen atoms in total. The molecule has 0 aliphatic carbocycles. The van der Waals surface area contributed by atoms with Gasteiger partial charge < -0.3 is 5.32 Å². The normalized spacial score (nSPS) is 13.6. The molecule has 1 aromatic carbocycles. The van der Waals surface area contributed by atoms with E-state index in [-0.39, 0.29) is 18.0 Å². The first kappa shape index (κ1) is 17.2. The van der Waals surface area contributed by atoms with Crippen molar-refractivity contribution in [2.24, 2.45) is 0 Å². The zero-order valence-corrected chi connectivity index (χ0v) is 13.4. The Morgan fingerprint density at radius 3 is 2.24 bits per heavy atom. The topological polar surface area (TPSA) is 70.2 Å². The first-order valence-corrected chi connectivity index (χ1v) is 7.24. The number of aryl methyl sites for hydroxylation is 1. The summed E-state index contributed by atoms with van der Waals surface area (Å²) in [5.74, 6) is -0.339. The van der Waals surface area contributed by atoms with Crippen LogP contribution in [0.5, 0.6) is 0 Å². The lowest BCUT2D eigenvalue weighted by molar-refractivity contribution is -0.121. The molecule has 0 aliphatic heterocycles. The number of hydrogen-bond donors (Lipinski definition) is 3. The van der Waals surface area contributed by atoms with Crippen LogP contribution in [0.1, 0.15) is 44.9 Å². The number of hydrogen-bond acceptors (Lipinski definition) is 3. The van der Waals surface area contributed by atoms with Gasteiger partial charge in [0.2, 0.25) is 5.91 Å². The number of benzene rings is 1. The van der Waals surface area contributed by atoms with Crippen molar-refractivity contribution in [1.82, 2.24) is 16.0 Å². The largest absolute Gasteiger partial charge is 0.336 e. The van der Waals surface area contributed by atoms with Crippen LogP contribution in [0.4, 0.5) is 4.79 Å². The molecule has 5 heteroatoms. The number of imide groups is 1. The molecule has 0 saturated carbocycles. The predicted molar refractivity (Wildman–Crippen MR) is 84.0 cm³/mol. The van der Waals surface area contributed by atoms with Crippen LogP contribution in [-0.4, -0.2) is 24.0 Å². The predicted octanol–water partition coefficient (Wildman–Crippen LogP) is 2.27. The third-order valence-corrected chi connectivity index (χ3v) is 3.20. The van der Waals surface area contributed by atoms with E-state index in [1.54, 1.807) is 6.92 Å². The molecular weight excluding hydrogens is 266 g/mol. The van der Waals surface area contributed by atoms with E-state index in [9.17, 15) is 9.59 Å². The Bertz CT molecular complexity index is 500. The molecular formula is C16H25N3O2. The molecule has 0 saturated heterocycles. The molecule has 0 bridgehead atoms. The van der Waals surface area contributed by atoms with Crippen LogP contribution >= 0.6 is 0 Å². The van der Waals surface area contributed by atoms with E-state index in [1.165, 1.54) is 5.56 Å². The van der Waals surface area contributed by atoms with Gasteiger partial charge in [0.1, 0.15) is 0 Å². The van der Waals surface area contributed by atoms with E-state index >= 15 is 0 Å². The Labute approximate surface area is 126 Å². The highest BCUT2D eigenvalue weighted by Gasteiger charge is 2.19. The Morgan fingerprint density at radius 1 is 1.05 bits per heavy atom. The molecule has 21 heavy (non-hydrogen) atoms. The monoisotopic (exact) mass is 291 g/mol. The van der Waals surface area contributed by atoms with Gasteiger partial charge in [0.15, 0.2) is 0 Å². The molecule has 0 fully saturated rings. The maximum Gasteiger partial charge on any atom is 0.321 e. The first-order valence-electron chi connectivity index (χ1n) is 7.24. The van der Waals surface area contributed by atoms with E-state index in [1.807, 2.05) is 52.0 Å². The quantitative estimate of drug-likeness (QED) is 0.779. The van der Waals surface area contributed by atoms with Crippen molar-refractivity contribution in [2.75, 3.05) is 0 Å². The van der Waals surface area contributed by atoms with Crippen LogP contribution < -0.4 is 16.0 Å². The minimum absolute atomic E-state index is 0.00745. The van der Waals surface area contributed by atoms with Crippen molar-refractivity contribution in [3.63, 3.8) is 0 Å². The van der Waals surface area contributed by atoms with Crippen molar-refractivity contribution in [1.29, 1.82) is 0 Å². The summed E-state index contributed by atoms with van der Waals surface area (Å²) in [6.07, 6.45) is 0. The fourth-order valence-electron chi connectivity index (χ4n) is 2.13. The molecule has 3 N–H and O–H groups in total. The summed E-state index contributed by atoms with van der Waals surface area (Å²) in [5, 5.41) is 8.16. The Kier molecular flexibility index (Phi) is 6.37. The average molecular weight is 291 g/mol. The van der Waals surface area contributed by atoms with E-state index in [2.05, 4.69) is 16.0 Å². The van der Waals surface area contributed by atoms with Crippen molar-refractivity contribution >= 4 is 11.9 Å². The van der Waals surface area contributed by atoms with Crippen molar-refractivity contribution < 1.29 is 9.59 Å². The maximum absolute atomic E-state index is 12.0. The van der Waals surface area contributed by atoms with E-state index in [0.717, 1.165) is 5.56 Å². The standard InChI is InChI=1S/C16H25N3O2/c1-10(2)17-16(21)19-15(20)13(5)18-12(4)14-9-7-6-8-11(14)3/h6-10,12-13,18H,1-5H3,(H2,17,19,20,21)/t12-,13+/m0/s1. The van der Waals surface area contributed by atoms with Gasteiger partial charge in [-0.3, -0.25) is 15.4 Å². The molecule has 1 aromatic rings. The summed E-state index contributed by atoms with van der Waals surface area (Å²) in [6, 6.07) is 7.12. The number of carbonyl (C=O) groups excluding carboxylic acids is 2. The number of carbonyl (C=O) groups is 2. The van der Waals surface area contributed by atoms with Crippen molar-refractivity contribution in [3.8, 4) is 0 Å². The molecule has 0 aliphatic rings. The summed E-state index contributed by atoms with van der Waals surface area (Å²) < 4.78 is 0. The number of nitrogens with one attached hydrogen (secondary N) is 3. The summed E-state index contributed by atoms with van der Waals surface area (Å²) in [7, 11) is 0. The van der Waals surface area contributed by atoms with Crippen LogP contribution in [0.3, 0.4) is 0 Å². The second kappa shape index (κ2) is 7.78. The fraction of sp³-hybridized carbons (Fsp3) is 0.500. The van der Waals surface area contributed by atoms with Gasteiger partial charge in [0.25, 0.3) is 0 Å². The summed E-state index contributed by atoms with van der Waals surface area (Å²) in [6.45, 7) is 9.46. The number of urea groups is 1. The third-order valence-electron chi connectivity index (χ3n) is 3.20. The highest BCUT2D eigenvalue weighted by molar-refractivity contribution is 5.96. The molecule has 116 valence electrons. The summed E-state index contributed by atoms with van der Waals surface area (Å²) in [5.41, 5.74) is 2.31. The zero-order chi connectivity index (χ0) is 16.0. The molecule has 3 amide bonds. The van der Waals surface area contributed by atoms with Gasteiger partial charge in [-0.25, -0.2) is 4.79 Å². The van der Waals surface area contributed by atoms with Gasteiger partial charge in [-0.05, 0) is 45.7 Å². The Hall–Kier alpha value is -1.88. The SMILES string of the molecule is Cc1ccccc1[C@H](C)N[C@H](C)C(=O)NC(=O)NC(C)C. The molecule has 2 atom stereocenters. The van der Waals surface area contributed by atoms with Gasteiger partial charge in [0.05, 0.1) is 6.04 Å². The second-order valence-corrected chi connectivity index (χ2v) is 5.58. The summed E-state index contributed by atoms with van der Waals surface area (Å²) >= 11 is 0. The van der Waals surface area contributed by atoms with Crippen LogP contribution in [0, 0.1) is 6.92 Å². The van der Waals surface area contributed by atoms with Gasteiger partial charge in [-0.1, -0.05) is 24.3 Å². The highest BCUT2D eigenvalue weighted by atomic mass is 16.2. The van der Waals surface area contributed by atoms with Crippen LogP contribution in [0.15, 0.2) is 24.3 Å². The molecule has 1 rings (SSSR count). The number of rotatable bonds is 5. The molecule has 0 spiro atoms. The van der Waals surface area contributed by atoms with E-state index < -0.39 is 12.1 Å². The Balaban J connectivity index is 2.56. The van der Waals surface area contributed by atoms with Crippen LogP contribution in [0.2, 0.25) is 0 Å². The van der Waals surface area contributed by atoms with Crippen LogP contribution in [0.25, 0.3) is 0 Å². The lowest BCUT2D eigenvalue weighted by Crippen LogP contribution is -2.49. The maximum atomic E-state index is 12.0. The van der Waals surface area contributed by atoms with Gasteiger partial charge in [-0.2, -0.15) is 0 Å². The number of amides is 3. The zero-order valence-electron chi connectivity index (χ0n) is 13.4. The highest BCUT2D eigenvalue weighted by Crippen LogP contribution is 2.17. The van der Waals surface area contributed by atoms with E-state index in [0.29, 0.717) is 0 Å². The van der Waals surface area contributed by atoms with Gasteiger partial charge in [0, 0.05) is 12.1 Å². The van der Waals surface area contributed by atoms with Gasteiger partial charge in [-0.15, -0.1) is 0 Å². The summed E-state index contributed by atoms with van der Waals surface area (Å²) in [4.78, 5) is 23.5. The molecule has 0 aromatic heterocycles. The van der Waals surface area contributed by atoms with Crippen molar-refractivity contribution in [2.45, 2.75) is 52.7 Å². The smallest absolute Gasteiger partial charge is 0.321 e. The average Bonchev–Trinajstić information content (AvgIpc) is 2.37. The minimum atomic E-state index is -0.466. The van der Waals surface area contributed by atoms with Crippen molar-refractivity contribution in [3.05, 3.63) is 35.4 Å². The Morgan fingerprint density at radius 2 is 1.67 bits per heavy atom. The van der Waals surface area contributed by atoms with Crippen LogP contribution in [-0.2, 0) is 4.79 Å². The van der Waals surface area contributed by atoms with Gasteiger partial charge >= 0.3 is 6.03 Å². The fourth-order valence-corrected chi connectivity index (χ4v) is 2.13. The minimum Gasteiger partial charge on any atom is -0.336 e. The molecule has 0 heterocycles. The molecule has 0 radical (unpaired) electrons. The molecule has 0 unspecified atom stereocenters. The second-order valence-electron chi connectivity index (χ2n) is 5.58. The first-order chi connectivity index (χ1) is 9.81. The third kappa shape index (κ3) is 5.55. The lowest BCUT2D eigenvalue weighted by atomic mass is 10.0.